The first kappa shape index (κ1) is 13.5. The highest BCUT2D eigenvalue weighted by molar-refractivity contribution is 5.61. The van der Waals surface area contributed by atoms with E-state index in [4.69, 9.17) is 0 Å². The average Bonchev–Trinajstić information content (AvgIpc) is 2.26. The first-order chi connectivity index (χ1) is 8.90. The molecule has 0 aliphatic heterocycles. The summed E-state index contributed by atoms with van der Waals surface area (Å²) in [5.41, 5.74) is 1.27. The van der Waals surface area contributed by atoms with E-state index in [1.54, 1.807) is 13.0 Å². The van der Waals surface area contributed by atoms with Gasteiger partial charge in [-0.1, -0.05) is 0 Å². The largest absolute Gasteiger partial charge is 0.306 e. The highest BCUT2D eigenvalue weighted by atomic mass is 19.1. The minimum Gasteiger partial charge on any atom is -0.306 e. The van der Waals surface area contributed by atoms with Crippen molar-refractivity contribution in [3.63, 3.8) is 0 Å². The number of hydrogen-bond donors (Lipinski definition) is 0. The number of benzene rings is 1. The Hall–Kier alpha value is -1.97. The van der Waals surface area contributed by atoms with Crippen LogP contribution in [0.25, 0.3) is 11.3 Å². The van der Waals surface area contributed by atoms with Gasteiger partial charge in [0.25, 0.3) is 5.56 Å². The third-order valence-corrected chi connectivity index (χ3v) is 2.94. The summed E-state index contributed by atoms with van der Waals surface area (Å²) in [5, 5.41) is 0. The van der Waals surface area contributed by atoms with Gasteiger partial charge in [0.15, 0.2) is 0 Å². The topological polar surface area (TPSA) is 22.0 Å². The van der Waals surface area contributed by atoms with Crippen LogP contribution in [0, 0.1) is 18.6 Å². The van der Waals surface area contributed by atoms with Crippen molar-refractivity contribution in [1.29, 1.82) is 0 Å². The lowest BCUT2D eigenvalue weighted by Crippen LogP contribution is -2.23. The first-order valence-corrected chi connectivity index (χ1v) is 6.08. The lowest BCUT2D eigenvalue weighted by molar-refractivity contribution is 0.569. The van der Waals surface area contributed by atoms with Gasteiger partial charge in [-0.15, -0.1) is 0 Å². The standard InChI is InChI=1S/C15H15F2NO/c1-9(2)18-14(6-10(3)7-15(18)19)12-5-4-11(16)8-13(12)17/h4-9H,1-3H3. The maximum Gasteiger partial charge on any atom is 0.251 e. The minimum absolute atomic E-state index is 0.104. The molecule has 0 radical (unpaired) electrons. The highest BCUT2D eigenvalue weighted by Crippen LogP contribution is 2.25. The Bertz CT molecular complexity index is 674. The summed E-state index contributed by atoms with van der Waals surface area (Å²) in [4.78, 5) is 12.0. The van der Waals surface area contributed by atoms with Gasteiger partial charge in [-0.05, 0) is 44.5 Å². The van der Waals surface area contributed by atoms with E-state index >= 15 is 0 Å². The molecular formula is C15H15F2NO. The van der Waals surface area contributed by atoms with E-state index in [-0.39, 0.29) is 17.2 Å². The Morgan fingerprint density at radius 3 is 2.37 bits per heavy atom. The fourth-order valence-electron chi connectivity index (χ4n) is 2.15. The molecule has 0 saturated heterocycles. The molecule has 1 aromatic carbocycles. The van der Waals surface area contributed by atoms with Gasteiger partial charge in [0.2, 0.25) is 0 Å². The number of halogens is 2. The van der Waals surface area contributed by atoms with Gasteiger partial charge >= 0.3 is 0 Å². The molecule has 0 aliphatic rings. The van der Waals surface area contributed by atoms with Crippen molar-refractivity contribution in [1.82, 2.24) is 4.57 Å². The maximum absolute atomic E-state index is 13.9. The van der Waals surface area contributed by atoms with Crippen LogP contribution in [0.4, 0.5) is 8.78 Å². The van der Waals surface area contributed by atoms with E-state index in [2.05, 4.69) is 0 Å². The predicted octanol–water partition coefficient (Wildman–Crippen LogP) is 3.68. The third kappa shape index (κ3) is 2.57. The summed E-state index contributed by atoms with van der Waals surface area (Å²) in [6, 6.07) is 6.51. The summed E-state index contributed by atoms with van der Waals surface area (Å²) in [6.45, 7) is 5.47. The molecular weight excluding hydrogens is 248 g/mol. The first-order valence-electron chi connectivity index (χ1n) is 6.08. The molecule has 2 aromatic rings. The van der Waals surface area contributed by atoms with Gasteiger partial charge in [0, 0.05) is 23.7 Å². The van der Waals surface area contributed by atoms with Gasteiger partial charge in [-0.25, -0.2) is 8.78 Å². The van der Waals surface area contributed by atoms with Crippen LogP contribution in [0.3, 0.4) is 0 Å². The molecule has 1 aromatic heterocycles. The molecule has 0 atom stereocenters. The van der Waals surface area contributed by atoms with Crippen LogP contribution in [0.15, 0.2) is 35.1 Å². The summed E-state index contributed by atoms with van der Waals surface area (Å²) < 4.78 is 28.4. The Morgan fingerprint density at radius 1 is 1.11 bits per heavy atom. The van der Waals surface area contributed by atoms with E-state index in [0.717, 1.165) is 11.6 Å². The lowest BCUT2D eigenvalue weighted by Gasteiger charge is -2.17. The van der Waals surface area contributed by atoms with Crippen LogP contribution in [0.2, 0.25) is 0 Å². The van der Waals surface area contributed by atoms with Crippen LogP contribution in [0.1, 0.15) is 25.5 Å². The van der Waals surface area contributed by atoms with Crippen LogP contribution in [-0.2, 0) is 0 Å². The molecule has 19 heavy (non-hydrogen) atoms. The molecule has 0 saturated carbocycles. The van der Waals surface area contributed by atoms with Crippen molar-refractivity contribution < 1.29 is 8.78 Å². The van der Waals surface area contributed by atoms with Crippen LogP contribution in [0.5, 0.6) is 0 Å². The molecule has 0 fully saturated rings. The van der Waals surface area contributed by atoms with Crippen molar-refractivity contribution in [2.45, 2.75) is 26.8 Å². The zero-order chi connectivity index (χ0) is 14.2. The predicted molar refractivity (Wildman–Crippen MR) is 71.2 cm³/mol. The fraction of sp³-hybridized carbons (Fsp3) is 0.267. The van der Waals surface area contributed by atoms with Gasteiger partial charge in [-0.3, -0.25) is 4.79 Å². The van der Waals surface area contributed by atoms with E-state index in [0.29, 0.717) is 5.69 Å². The molecule has 0 aliphatic carbocycles. The second-order valence-electron chi connectivity index (χ2n) is 4.84. The smallest absolute Gasteiger partial charge is 0.251 e. The van der Waals surface area contributed by atoms with Crippen LogP contribution < -0.4 is 5.56 Å². The Morgan fingerprint density at radius 2 is 1.79 bits per heavy atom. The zero-order valence-electron chi connectivity index (χ0n) is 11.1. The van der Waals surface area contributed by atoms with Crippen molar-refractivity contribution in [3.05, 3.63) is 57.9 Å². The number of pyridine rings is 1. The number of aromatic nitrogens is 1. The fourth-order valence-corrected chi connectivity index (χ4v) is 2.15. The van der Waals surface area contributed by atoms with Crippen molar-refractivity contribution >= 4 is 0 Å². The van der Waals surface area contributed by atoms with Crippen molar-refractivity contribution in [3.8, 4) is 11.3 Å². The number of rotatable bonds is 2. The normalized spacial score (nSPS) is 11.1. The summed E-state index contributed by atoms with van der Waals surface area (Å²) >= 11 is 0. The van der Waals surface area contributed by atoms with Crippen molar-refractivity contribution in [2.75, 3.05) is 0 Å². The van der Waals surface area contributed by atoms with Crippen LogP contribution >= 0.6 is 0 Å². The van der Waals surface area contributed by atoms with E-state index < -0.39 is 11.6 Å². The molecule has 100 valence electrons. The molecule has 0 N–H and O–H groups in total. The number of hydrogen-bond acceptors (Lipinski definition) is 1. The van der Waals surface area contributed by atoms with Gasteiger partial charge in [0.05, 0.1) is 5.69 Å². The Balaban J connectivity index is 2.77. The second-order valence-corrected chi connectivity index (χ2v) is 4.84. The highest BCUT2D eigenvalue weighted by Gasteiger charge is 2.14. The third-order valence-electron chi connectivity index (χ3n) is 2.94. The van der Waals surface area contributed by atoms with Gasteiger partial charge in [0.1, 0.15) is 11.6 Å². The van der Waals surface area contributed by atoms with Crippen LogP contribution in [-0.4, -0.2) is 4.57 Å². The molecule has 0 unspecified atom stereocenters. The Kier molecular flexibility index (Phi) is 3.51. The van der Waals surface area contributed by atoms with Gasteiger partial charge in [-0.2, -0.15) is 0 Å². The van der Waals surface area contributed by atoms with E-state index in [1.165, 1.54) is 22.8 Å². The molecule has 4 heteroatoms. The minimum atomic E-state index is -0.667. The van der Waals surface area contributed by atoms with E-state index in [9.17, 15) is 13.6 Å². The average molecular weight is 263 g/mol. The summed E-state index contributed by atoms with van der Waals surface area (Å²) in [5.74, 6) is -1.30. The number of nitrogens with zero attached hydrogens (tertiary/aromatic N) is 1. The molecule has 2 rings (SSSR count). The maximum atomic E-state index is 13.9. The Labute approximate surface area is 110 Å². The molecule has 0 amide bonds. The molecule has 2 nitrogen and oxygen atoms in total. The molecule has 1 heterocycles. The second kappa shape index (κ2) is 4.96. The van der Waals surface area contributed by atoms with Crippen molar-refractivity contribution in [2.24, 2.45) is 0 Å². The molecule has 0 bridgehead atoms. The quantitative estimate of drug-likeness (QED) is 0.810. The SMILES string of the molecule is Cc1cc(-c2ccc(F)cc2F)n(C(C)C)c(=O)c1. The molecule has 0 spiro atoms. The number of aryl methyl sites for hydroxylation is 1. The summed E-state index contributed by atoms with van der Waals surface area (Å²) in [7, 11) is 0. The van der Waals surface area contributed by atoms with E-state index in [1.807, 2.05) is 13.8 Å². The monoisotopic (exact) mass is 263 g/mol. The lowest BCUT2D eigenvalue weighted by atomic mass is 10.1. The summed E-state index contributed by atoms with van der Waals surface area (Å²) in [6.07, 6.45) is 0. The zero-order valence-corrected chi connectivity index (χ0v) is 11.1. The van der Waals surface area contributed by atoms with Gasteiger partial charge < -0.3 is 4.57 Å².